The Morgan fingerprint density at radius 1 is 1.00 bits per heavy atom. The van der Waals surface area contributed by atoms with E-state index in [1.54, 1.807) is 12.0 Å². The molecule has 1 saturated heterocycles. The molecule has 6 nitrogen and oxygen atoms in total. The fraction of sp³-hybridized carbons (Fsp3) is 0.364. The molecule has 28 heavy (non-hydrogen) atoms. The maximum absolute atomic E-state index is 12.3. The zero-order valence-corrected chi connectivity index (χ0v) is 16.1. The van der Waals surface area contributed by atoms with Crippen molar-refractivity contribution >= 4 is 12.0 Å². The summed E-state index contributed by atoms with van der Waals surface area (Å²) in [5.74, 6) is 0.769. The molecule has 0 radical (unpaired) electrons. The van der Waals surface area contributed by atoms with Crippen LogP contribution in [0.3, 0.4) is 0 Å². The van der Waals surface area contributed by atoms with Gasteiger partial charge in [0.15, 0.2) is 0 Å². The Bertz CT molecular complexity index is 769. The van der Waals surface area contributed by atoms with Gasteiger partial charge in [-0.1, -0.05) is 42.5 Å². The molecule has 0 saturated carbocycles. The number of ether oxygens (including phenoxy) is 2. The molecule has 2 aromatic carbocycles. The molecule has 0 atom stereocenters. The van der Waals surface area contributed by atoms with E-state index in [1.165, 1.54) is 0 Å². The third-order valence-electron chi connectivity index (χ3n) is 4.85. The zero-order chi connectivity index (χ0) is 19.8. The molecule has 1 fully saturated rings. The smallest absolute Gasteiger partial charge is 0.410 e. The van der Waals surface area contributed by atoms with Crippen LogP contribution in [0.5, 0.6) is 5.75 Å². The minimum Gasteiger partial charge on any atom is -0.497 e. The molecule has 2 aromatic rings. The maximum Gasteiger partial charge on any atom is 0.410 e. The van der Waals surface area contributed by atoms with Gasteiger partial charge in [-0.15, -0.1) is 0 Å². The van der Waals surface area contributed by atoms with Crippen LogP contribution in [0.2, 0.25) is 0 Å². The topological polar surface area (TPSA) is 67.9 Å². The van der Waals surface area contributed by atoms with Gasteiger partial charge in [0.05, 0.1) is 13.5 Å². The van der Waals surface area contributed by atoms with E-state index in [4.69, 9.17) is 9.47 Å². The van der Waals surface area contributed by atoms with Gasteiger partial charge in [-0.3, -0.25) is 4.79 Å². The van der Waals surface area contributed by atoms with Crippen molar-refractivity contribution in [3.8, 4) is 5.75 Å². The number of hydrogen-bond acceptors (Lipinski definition) is 4. The quantitative estimate of drug-likeness (QED) is 0.833. The first kappa shape index (κ1) is 19.7. The number of methoxy groups -OCH3 is 1. The number of carbonyl (C=O) groups excluding carboxylic acids is 2. The van der Waals surface area contributed by atoms with Crippen LogP contribution in [0.25, 0.3) is 0 Å². The van der Waals surface area contributed by atoms with Crippen LogP contribution in [0.15, 0.2) is 54.6 Å². The highest BCUT2D eigenvalue weighted by molar-refractivity contribution is 5.79. The van der Waals surface area contributed by atoms with Crippen molar-refractivity contribution in [1.82, 2.24) is 10.2 Å². The molecule has 0 spiro atoms. The van der Waals surface area contributed by atoms with Crippen LogP contribution in [0, 0.1) is 0 Å². The Hall–Kier alpha value is -3.02. The van der Waals surface area contributed by atoms with E-state index >= 15 is 0 Å². The largest absolute Gasteiger partial charge is 0.497 e. The van der Waals surface area contributed by atoms with Crippen LogP contribution in [0.1, 0.15) is 24.0 Å². The average Bonchev–Trinajstić information content (AvgIpc) is 2.74. The number of likely N-dealkylation sites (tertiary alicyclic amines) is 1. The molecule has 3 rings (SSSR count). The predicted octanol–water partition coefficient (Wildman–Crippen LogP) is 3.16. The summed E-state index contributed by atoms with van der Waals surface area (Å²) in [7, 11) is 1.62. The van der Waals surface area contributed by atoms with Gasteiger partial charge in [0, 0.05) is 19.1 Å². The Morgan fingerprint density at radius 2 is 1.68 bits per heavy atom. The van der Waals surface area contributed by atoms with Gasteiger partial charge in [0.1, 0.15) is 12.4 Å². The first-order valence-electron chi connectivity index (χ1n) is 9.52. The molecule has 2 amide bonds. The Kier molecular flexibility index (Phi) is 6.89. The number of rotatable bonds is 6. The number of carbonyl (C=O) groups is 2. The monoisotopic (exact) mass is 382 g/mol. The van der Waals surface area contributed by atoms with Gasteiger partial charge in [0.2, 0.25) is 5.91 Å². The van der Waals surface area contributed by atoms with Gasteiger partial charge in [-0.25, -0.2) is 4.79 Å². The number of nitrogens with zero attached hydrogens (tertiary/aromatic N) is 1. The van der Waals surface area contributed by atoms with Crippen molar-refractivity contribution in [3.05, 3.63) is 65.7 Å². The standard InChI is InChI=1S/C22H26N2O4/c1-27-20-9-7-17(8-10-20)15-21(25)23-19-11-13-24(14-12-19)22(26)28-16-18-5-3-2-4-6-18/h2-10,19H,11-16H2,1H3,(H,23,25). The van der Waals surface area contributed by atoms with Crippen molar-refractivity contribution in [2.75, 3.05) is 20.2 Å². The SMILES string of the molecule is COc1ccc(CC(=O)NC2CCN(C(=O)OCc3ccccc3)CC2)cc1. The number of hydrogen-bond donors (Lipinski definition) is 1. The summed E-state index contributed by atoms with van der Waals surface area (Å²) < 4.78 is 10.5. The molecule has 1 aliphatic heterocycles. The lowest BCUT2D eigenvalue weighted by molar-refractivity contribution is -0.121. The molecule has 0 bridgehead atoms. The van der Waals surface area contributed by atoms with Gasteiger partial charge >= 0.3 is 6.09 Å². The highest BCUT2D eigenvalue weighted by Crippen LogP contribution is 2.14. The first-order chi connectivity index (χ1) is 13.6. The van der Waals surface area contributed by atoms with Crippen LogP contribution in [-0.2, 0) is 22.6 Å². The van der Waals surface area contributed by atoms with E-state index in [1.807, 2.05) is 54.6 Å². The van der Waals surface area contributed by atoms with Crippen molar-refractivity contribution < 1.29 is 19.1 Å². The van der Waals surface area contributed by atoms with Crippen LogP contribution >= 0.6 is 0 Å². The summed E-state index contributed by atoms with van der Waals surface area (Å²) in [4.78, 5) is 26.2. The Labute approximate surface area is 165 Å². The second kappa shape index (κ2) is 9.78. The number of benzene rings is 2. The van der Waals surface area contributed by atoms with E-state index in [2.05, 4.69) is 5.32 Å². The summed E-state index contributed by atoms with van der Waals surface area (Å²) in [5.41, 5.74) is 1.91. The van der Waals surface area contributed by atoms with Gasteiger partial charge in [-0.2, -0.15) is 0 Å². The molecule has 6 heteroatoms. The minimum atomic E-state index is -0.299. The Morgan fingerprint density at radius 3 is 2.32 bits per heavy atom. The third kappa shape index (κ3) is 5.74. The molecule has 0 aromatic heterocycles. The maximum atomic E-state index is 12.3. The van der Waals surface area contributed by atoms with Crippen LogP contribution in [0.4, 0.5) is 4.79 Å². The molecule has 1 heterocycles. The van der Waals surface area contributed by atoms with Crippen LogP contribution < -0.4 is 10.1 Å². The zero-order valence-electron chi connectivity index (χ0n) is 16.1. The Balaban J connectivity index is 1.38. The first-order valence-corrected chi connectivity index (χ1v) is 9.52. The molecular formula is C22H26N2O4. The number of amides is 2. The molecule has 148 valence electrons. The molecule has 1 N–H and O–H groups in total. The molecule has 0 unspecified atom stereocenters. The van der Waals surface area contributed by atoms with Crippen molar-refractivity contribution in [1.29, 1.82) is 0 Å². The van der Waals surface area contributed by atoms with Crippen molar-refractivity contribution in [2.24, 2.45) is 0 Å². The van der Waals surface area contributed by atoms with Gasteiger partial charge in [0.25, 0.3) is 0 Å². The fourth-order valence-electron chi connectivity index (χ4n) is 3.22. The van der Waals surface area contributed by atoms with E-state index in [0.717, 1.165) is 29.7 Å². The van der Waals surface area contributed by atoms with Gasteiger partial charge in [-0.05, 0) is 36.1 Å². The second-order valence-corrected chi connectivity index (χ2v) is 6.89. The molecule has 1 aliphatic rings. The third-order valence-corrected chi connectivity index (χ3v) is 4.85. The number of nitrogens with one attached hydrogen (secondary N) is 1. The summed E-state index contributed by atoms with van der Waals surface area (Å²) in [5, 5.41) is 3.06. The summed E-state index contributed by atoms with van der Waals surface area (Å²) in [6, 6.07) is 17.2. The highest BCUT2D eigenvalue weighted by Gasteiger charge is 2.24. The normalized spacial score (nSPS) is 14.4. The van der Waals surface area contributed by atoms with E-state index in [-0.39, 0.29) is 24.6 Å². The summed E-state index contributed by atoms with van der Waals surface area (Å²) >= 11 is 0. The van der Waals surface area contributed by atoms with Gasteiger partial charge < -0.3 is 19.7 Å². The average molecular weight is 382 g/mol. The highest BCUT2D eigenvalue weighted by atomic mass is 16.6. The lowest BCUT2D eigenvalue weighted by Crippen LogP contribution is -2.47. The van der Waals surface area contributed by atoms with E-state index in [0.29, 0.717) is 19.5 Å². The molecule has 0 aliphatic carbocycles. The summed E-state index contributed by atoms with van der Waals surface area (Å²) in [6.45, 7) is 1.44. The van der Waals surface area contributed by atoms with Crippen LogP contribution in [-0.4, -0.2) is 43.1 Å². The lowest BCUT2D eigenvalue weighted by Gasteiger charge is -2.31. The molecular weight excluding hydrogens is 356 g/mol. The second-order valence-electron chi connectivity index (χ2n) is 6.89. The van der Waals surface area contributed by atoms with E-state index in [9.17, 15) is 9.59 Å². The fourth-order valence-corrected chi connectivity index (χ4v) is 3.22. The van der Waals surface area contributed by atoms with Crippen molar-refractivity contribution in [2.45, 2.75) is 31.9 Å². The lowest BCUT2D eigenvalue weighted by atomic mass is 10.0. The predicted molar refractivity (Wildman–Crippen MR) is 106 cm³/mol. The minimum absolute atomic E-state index is 0.00438. The summed E-state index contributed by atoms with van der Waals surface area (Å²) in [6.07, 6.45) is 1.50. The van der Waals surface area contributed by atoms with Crippen molar-refractivity contribution in [3.63, 3.8) is 0 Å². The number of piperidine rings is 1. The van der Waals surface area contributed by atoms with E-state index < -0.39 is 0 Å².